The number of rotatable bonds is 5. The number of aryl methyl sites for hydroxylation is 2. The molecule has 30 heavy (non-hydrogen) atoms. The average molecular weight is 469 g/mol. The molecule has 0 atom stereocenters. The number of hydrogen-bond acceptors (Lipinski definition) is 3. The monoisotopic (exact) mass is 468 g/mol. The van der Waals surface area contributed by atoms with Gasteiger partial charge in [-0.15, -0.1) is 0 Å². The molecule has 0 radical (unpaired) electrons. The summed E-state index contributed by atoms with van der Waals surface area (Å²) in [6, 6.07) is 16.1. The van der Waals surface area contributed by atoms with Crippen molar-refractivity contribution in [2.75, 3.05) is 10.6 Å². The molecule has 0 fully saturated rings. The first-order valence-corrected chi connectivity index (χ1v) is 10.5. The van der Waals surface area contributed by atoms with Gasteiger partial charge in [0.05, 0.1) is 0 Å². The third-order valence-electron chi connectivity index (χ3n) is 4.64. The lowest BCUT2D eigenvalue weighted by Crippen LogP contribution is -2.19. The zero-order valence-electron chi connectivity index (χ0n) is 17.4. The summed E-state index contributed by atoms with van der Waals surface area (Å²) in [6.07, 6.45) is 0. The van der Waals surface area contributed by atoms with E-state index in [-0.39, 0.29) is 17.7 Å². The van der Waals surface area contributed by atoms with Crippen LogP contribution in [0.25, 0.3) is 0 Å². The minimum Gasteiger partial charge on any atom is -0.508 e. The average Bonchev–Trinajstić information content (AvgIpc) is 2.65. The number of carbonyl (C=O) groups excluding carboxylic acids is 1. The van der Waals surface area contributed by atoms with Crippen molar-refractivity contribution < 1.29 is 14.6 Å². The highest BCUT2D eigenvalue weighted by molar-refractivity contribution is 9.10. The molecule has 0 saturated carbocycles. The summed E-state index contributed by atoms with van der Waals surface area (Å²) < 4.78 is 7.00. The van der Waals surface area contributed by atoms with Crippen LogP contribution in [0.3, 0.4) is 0 Å². The fourth-order valence-corrected chi connectivity index (χ4v) is 3.62. The first kappa shape index (κ1) is 21.7. The predicted octanol–water partition coefficient (Wildman–Crippen LogP) is 7.33. The second kappa shape index (κ2) is 9.22. The molecule has 3 rings (SSSR count). The minimum atomic E-state index is -0.319. The Morgan fingerprint density at radius 1 is 0.967 bits per heavy atom. The SMILES string of the molecule is Cc1cc(NC(=O)Nc2cccc(Br)c2)cc(C)c1Oc1ccc(O)c(C(C)C)c1. The Hall–Kier alpha value is -2.99. The number of halogens is 1. The first-order chi connectivity index (χ1) is 14.2. The van der Waals surface area contributed by atoms with Gasteiger partial charge in [-0.25, -0.2) is 4.79 Å². The predicted molar refractivity (Wildman–Crippen MR) is 125 cm³/mol. The van der Waals surface area contributed by atoms with E-state index >= 15 is 0 Å². The third-order valence-corrected chi connectivity index (χ3v) is 5.13. The van der Waals surface area contributed by atoms with Crippen LogP contribution in [0.2, 0.25) is 0 Å². The molecular weight excluding hydrogens is 444 g/mol. The number of phenols is 1. The molecule has 0 bridgehead atoms. The van der Waals surface area contributed by atoms with E-state index in [1.165, 1.54) is 0 Å². The van der Waals surface area contributed by atoms with Crippen LogP contribution in [0.1, 0.15) is 36.5 Å². The number of nitrogens with one attached hydrogen (secondary N) is 2. The van der Waals surface area contributed by atoms with Crippen LogP contribution in [-0.2, 0) is 0 Å². The molecule has 2 amide bonds. The largest absolute Gasteiger partial charge is 0.508 e. The summed E-state index contributed by atoms with van der Waals surface area (Å²) in [5, 5.41) is 15.7. The quantitative estimate of drug-likeness (QED) is 0.366. The number of phenolic OH excluding ortho intramolecular Hbond substituents is 1. The summed E-state index contributed by atoms with van der Waals surface area (Å²) in [4.78, 5) is 12.3. The Bertz CT molecular complexity index is 1060. The molecule has 0 aliphatic carbocycles. The van der Waals surface area contributed by atoms with E-state index in [1.807, 2.05) is 70.2 Å². The van der Waals surface area contributed by atoms with Crippen molar-refractivity contribution >= 4 is 33.3 Å². The molecule has 0 aromatic heterocycles. The van der Waals surface area contributed by atoms with Crippen LogP contribution < -0.4 is 15.4 Å². The van der Waals surface area contributed by atoms with Crippen molar-refractivity contribution in [1.29, 1.82) is 0 Å². The maximum absolute atomic E-state index is 12.3. The molecule has 0 unspecified atom stereocenters. The lowest BCUT2D eigenvalue weighted by atomic mass is 10.0. The van der Waals surface area contributed by atoms with E-state index < -0.39 is 0 Å². The Kier molecular flexibility index (Phi) is 6.67. The number of carbonyl (C=O) groups is 1. The van der Waals surface area contributed by atoms with Gasteiger partial charge in [-0.1, -0.05) is 35.8 Å². The highest BCUT2D eigenvalue weighted by atomic mass is 79.9. The van der Waals surface area contributed by atoms with Crippen LogP contribution in [0.15, 0.2) is 59.1 Å². The molecule has 0 heterocycles. The van der Waals surface area contributed by atoms with E-state index in [2.05, 4.69) is 26.6 Å². The van der Waals surface area contributed by atoms with Crippen molar-refractivity contribution in [2.24, 2.45) is 0 Å². The number of urea groups is 1. The van der Waals surface area contributed by atoms with Crippen LogP contribution >= 0.6 is 15.9 Å². The van der Waals surface area contributed by atoms with Gasteiger partial charge >= 0.3 is 6.03 Å². The number of ether oxygens (including phenoxy) is 1. The zero-order valence-corrected chi connectivity index (χ0v) is 19.0. The van der Waals surface area contributed by atoms with Gasteiger partial charge in [0.25, 0.3) is 0 Å². The number of amides is 2. The number of anilines is 2. The maximum atomic E-state index is 12.3. The van der Waals surface area contributed by atoms with E-state index in [0.29, 0.717) is 17.1 Å². The van der Waals surface area contributed by atoms with Gasteiger partial charge in [0.1, 0.15) is 17.2 Å². The van der Waals surface area contributed by atoms with Crippen molar-refractivity contribution in [3.8, 4) is 17.2 Å². The van der Waals surface area contributed by atoms with Gasteiger partial charge < -0.3 is 20.5 Å². The smallest absolute Gasteiger partial charge is 0.323 e. The van der Waals surface area contributed by atoms with Gasteiger partial charge in [-0.3, -0.25) is 0 Å². The molecule has 5 nitrogen and oxygen atoms in total. The van der Waals surface area contributed by atoms with Crippen LogP contribution in [0.4, 0.5) is 16.2 Å². The second-order valence-corrected chi connectivity index (χ2v) is 8.42. The molecule has 3 N–H and O–H groups in total. The van der Waals surface area contributed by atoms with E-state index in [9.17, 15) is 9.90 Å². The second-order valence-electron chi connectivity index (χ2n) is 7.51. The molecule has 0 spiro atoms. The van der Waals surface area contributed by atoms with Gasteiger partial charge in [-0.05, 0) is 79.4 Å². The molecule has 0 saturated heterocycles. The summed E-state index contributed by atoms with van der Waals surface area (Å²) in [7, 11) is 0. The normalized spacial score (nSPS) is 10.7. The maximum Gasteiger partial charge on any atom is 0.323 e. The molecule has 0 aliphatic heterocycles. The Morgan fingerprint density at radius 3 is 2.27 bits per heavy atom. The molecule has 3 aromatic carbocycles. The Morgan fingerprint density at radius 2 is 1.63 bits per heavy atom. The number of hydrogen-bond donors (Lipinski definition) is 3. The zero-order chi connectivity index (χ0) is 21.8. The van der Waals surface area contributed by atoms with Crippen molar-refractivity contribution in [2.45, 2.75) is 33.6 Å². The topological polar surface area (TPSA) is 70.6 Å². The molecule has 0 aliphatic rings. The summed E-state index contributed by atoms with van der Waals surface area (Å²) in [5.41, 5.74) is 4.01. The molecule has 156 valence electrons. The summed E-state index contributed by atoms with van der Waals surface area (Å²) in [6.45, 7) is 7.91. The Labute approximate surface area is 185 Å². The van der Waals surface area contributed by atoms with E-state index in [1.54, 1.807) is 12.1 Å². The number of aromatic hydroxyl groups is 1. The Balaban J connectivity index is 1.75. The van der Waals surface area contributed by atoms with E-state index in [0.717, 1.165) is 26.9 Å². The van der Waals surface area contributed by atoms with Crippen LogP contribution in [0.5, 0.6) is 17.2 Å². The van der Waals surface area contributed by atoms with Crippen molar-refractivity contribution in [3.63, 3.8) is 0 Å². The van der Waals surface area contributed by atoms with Gasteiger partial charge in [-0.2, -0.15) is 0 Å². The third kappa shape index (κ3) is 5.33. The van der Waals surface area contributed by atoms with E-state index in [4.69, 9.17) is 4.74 Å². The lowest BCUT2D eigenvalue weighted by Gasteiger charge is -2.16. The molecule has 3 aromatic rings. The fraction of sp³-hybridized carbons (Fsp3) is 0.208. The van der Waals surface area contributed by atoms with Gasteiger partial charge in [0, 0.05) is 21.4 Å². The highest BCUT2D eigenvalue weighted by Crippen LogP contribution is 2.35. The van der Waals surface area contributed by atoms with Gasteiger partial charge in [0.15, 0.2) is 0 Å². The molecule has 6 heteroatoms. The van der Waals surface area contributed by atoms with Crippen LogP contribution in [-0.4, -0.2) is 11.1 Å². The molecular formula is C24H25BrN2O3. The van der Waals surface area contributed by atoms with Crippen molar-refractivity contribution in [3.05, 3.63) is 75.8 Å². The fourth-order valence-electron chi connectivity index (χ4n) is 3.22. The lowest BCUT2D eigenvalue weighted by molar-refractivity contribution is 0.262. The number of benzene rings is 3. The summed E-state index contributed by atoms with van der Waals surface area (Å²) in [5.74, 6) is 1.84. The summed E-state index contributed by atoms with van der Waals surface area (Å²) >= 11 is 3.39. The van der Waals surface area contributed by atoms with Crippen molar-refractivity contribution in [1.82, 2.24) is 0 Å². The minimum absolute atomic E-state index is 0.186. The van der Waals surface area contributed by atoms with Crippen LogP contribution in [0, 0.1) is 13.8 Å². The van der Waals surface area contributed by atoms with Gasteiger partial charge in [0.2, 0.25) is 0 Å². The first-order valence-electron chi connectivity index (χ1n) is 9.68. The highest BCUT2D eigenvalue weighted by Gasteiger charge is 2.12. The standard InChI is InChI=1S/C24H25BrN2O3/c1-14(2)21-13-20(8-9-22(21)28)30-23-15(3)10-19(11-16(23)4)27-24(29)26-18-7-5-6-17(25)12-18/h5-14,28H,1-4H3,(H2,26,27,29).